The van der Waals surface area contributed by atoms with Gasteiger partial charge in [0.15, 0.2) is 15.3 Å². The van der Waals surface area contributed by atoms with Crippen LogP contribution in [0.3, 0.4) is 0 Å². The lowest BCUT2D eigenvalue weighted by Gasteiger charge is -2.35. The van der Waals surface area contributed by atoms with E-state index in [1.807, 2.05) is 0 Å². The molecule has 10 heteroatoms. The molecule has 1 saturated heterocycles. The number of hydrogen-bond acceptors (Lipinski definition) is 6. The topological polar surface area (TPSA) is 110 Å². The van der Waals surface area contributed by atoms with Gasteiger partial charge in [-0.3, -0.25) is 10.4 Å². The normalized spacial score (nSPS) is 26.3. The standard InChI is InChI=1S/C19H40BrN3O4Si2/c1-5-11-28(8-4)27-29(12-6-2,13-7-3)25-14-15-18(24)17(20)19(26-15)23-10-9-16(21)22/h10,15,17-19,24,28H,5-9,11-14H2,1-4H3,(H3,21,22). The molecule has 170 valence electrons. The number of ether oxygens (including phenoxy) is 1. The number of aliphatic hydroxyl groups excluding tert-OH is 1. The molecule has 0 amide bonds. The summed E-state index contributed by atoms with van der Waals surface area (Å²) in [6.07, 6.45) is 3.40. The fourth-order valence-electron chi connectivity index (χ4n) is 3.61. The van der Waals surface area contributed by atoms with Gasteiger partial charge < -0.3 is 24.1 Å². The monoisotopic (exact) mass is 509 g/mol. The second kappa shape index (κ2) is 14.0. The maximum atomic E-state index is 10.6. The minimum Gasteiger partial charge on any atom is -0.438 e. The first-order valence-corrected chi connectivity index (χ1v) is 16.2. The van der Waals surface area contributed by atoms with Crippen molar-refractivity contribution in [2.24, 2.45) is 10.7 Å². The van der Waals surface area contributed by atoms with E-state index in [1.165, 1.54) is 6.04 Å². The van der Waals surface area contributed by atoms with Crippen molar-refractivity contribution < 1.29 is 18.4 Å². The predicted octanol–water partition coefficient (Wildman–Crippen LogP) is 3.68. The number of alkyl halides is 1. The molecule has 1 fully saturated rings. The Morgan fingerprint density at radius 1 is 1.28 bits per heavy atom. The summed E-state index contributed by atoms with van der Waals surface area (Å²) in [4.78, 5) is 3.99. The summed E-state index contributed by atoms with van der Waals surface area (Å²) < 4.78 is 19.3. The molecular weight excluding hydrogens is 470 g/mol. The number of nitrogens with two attached hydrogens (primary N) is 1. The molecule has 5 atom stereocenters. The van der Waals surface area contributed by atoms with E-state index in [0.717, 1.165) is 37.4 Å². The molecular formula is C19H40BrN3O4Si2. The van der Waals surface area contributed by atoms with Gasteiger partial charge in [-0.1, -0.05) is 62.9 Å². The Labute approximate surface area is 187 Å². The highest BCUT2D eigenvalue weighted by Gasteiger charge is 2.45. The smallest absolute Gasteiger partial charge is 0.327 e. The Balaban J connectivity index is 2.81. The third-order valence-electron chi connectivity index (χ3n) is 5.08. The van der Waals surface area contributed by atoms with Crippen molar-refractivity contribution in [1.29, 1.82) is 5.41 Å². The van der Waals surface area contributed by atoms with Crippen LogP contribution in [0.2, 0.25) is 24.2 Å². The average Bonchev–Trinajstić information content (AvgIpc) is 2.94. The predicted molar refractivity (Wildman–Crippen MR) is 128 cm³/mol. The summed E-state index contributed by atoms with van der Waals surface area (Å²) in [5.74, 6) is 0.0482. The molecule has 0 saturated carbocycles. The lowest BCUT2D eigenvalue weighted by atomic mass is 10.2. The van der Waals surface area contributed by atoms with Gasteiger partial charge in [0.2, 0.25) is 0 Å². The molecule has 0 bridgehead atoms. The van der Waals surface area contributed by atoms with Crippen LogP contribution in [0.15, 0.2) is 4.99 Å². The van der Waals surface area contributed by atoms with E-state index in [4.69, 9.17) is 24.4 Å². The third-order valence-corrected chi connectivity index (χ3v) is 14.5. The van der Waals surface area contributed by atoms with Gasteiger partial charge in [0.1, 0.15) is 6.10 Å². The quantitative estimate of drug-likeness (QED) is 0.135. The number of hydrogen-bond donors (Lipinski definition) is 3. The zero-order valence-corrected chi connectivity index (χ0v) is 22.1. The van der Waals surface area contributed by atoms with E-state index in [0.29, 0.717) is 6.61 Å². The number of amidine groups is 1. The van der Waals surface area contributed by atoms with Gasteiger partial charge in [-0.05, 0) is 24.2 Å². The van der Waals surface area contributed by atoms with Gasteiger partial charge >= 0.3 is 8.56 Å². The lowest BCUT2D eigenvalue weighted by molar-refractivity contribution is -0.0195. The van der Waals surface area contributed by atoms with Crippen molar-refractivity contribution in [3.8, 4) is 0 Å². The van der Waals surface area contributed by atoms with Crippen LogP contribution in [-0.4, -0.2) is 64.6 Å². The molecule has 1 heterocycles. The molecule has 4 N–H and O–H groups in total. The molecule has 7 nitrogen and oxygen atoms in total. The van der Waals surface area contributed by atoms with E-state index < -0.39 is 36.0 Å². The zero-order chi connectivity index (χ0) is 21.9. The second-order valence-corrected chi connectivity index (χ2v) is 15.5. The van der Waals surface area contributed by atoms with Gasteiger partial charge in [-0.2, -0.15) is 0 Å². The number of halogens is 1. The fraction of sp³-hybridized carbons (Fsp3) is 0.895. The van der Waals surface area contributed by atoms with Crippen molar-refractivity contribution in [2.75, 3.05) is 6.61 Å². The summed E-state index contributed by atoms with van der Waals surface area (Å²) in [5, 5.41) is 17.9. The number of nitrogens with one attached hydrogen (secondary N) is 1. The van der Waals surface area contributed by atoms with Crippen LogP contribution < -0.4 is 5.73 Å². The van der Waals surface area contributed by atoms with Crippen LogP contribution >= 0.6 is 15.9 Å². The molecule has 5 unspecified atom stereocenters. The molecule has 1 rings (SSSR count). The molecule has 0 radical (unpaired) electrons. The highest BCUT2D eigenvalue weighted by Crippen LogP contribution is 2.31. The Morgan fingerprint density at radius 2 is 1.93 bits per heavy atom. The van der Waals surface area contributed by atoms with Crippen LogP contribution in [0.25, 0.3) is 0 Å². The molecule has 0 aliphatic carbocycles. The molecule has 0 aromatic carbocycles. The Bertz CT molecular complexity index is 510. The number of aliphatic hydroxyl groups is 1. The minimum absolute atomic E-state index is 0.0482. The van der Waals surface area contributed by atoms with Crippen molar-refractivity contribution in [2.45, 2.75) is 101 Å². The van der Waals surface area contributed by atoms with Gasteiger partial charge in [0, 0.05) is 12.6 Å². The minimum atomic E-state index is -2.33. The number of aliphatic imine (C=N–C) groups is 1. The molecule has 0 spiro atoms. The highest BCUT2D eigenvalue weighted by molar-refractivity contribution is 9.09. The second-order valence-electron chi connectivity index (χ2n) is 7.72. The molecule has 0 aromatic rings. The Morgan fingerprint density at radius 3 is 2.45 bits per heavy atom. The van der Waals surface area contributed by atoms with Crippen molar-refractivity contribution in [1.82, 2.24) is 0 Å². The summed E-state index contributed by atoms with van der Waals surface area (Å²) >= 11 is 3.49. The van der Waals surface area contributed by atoms with Crippen molar-refractivity contribution in [3.63, 3.8) is 0 Å². The SMILES string of the molecule is CCC[SiH](CC)O[Si](CCC)(CCC)OCC1OC(N=CCC(=N)N)C(Br)C1O. The summed E-state index contributed by atoms with van der Waals surface area (Å²) in [5.41, 5.74) is 5.36. The van der Waals surface area contributed by atoms with Crippen LogP contribution in [0.4, 0.5) is 0 Å². The number of nitrogens with zero attached hydrogens (tertiary/aromatic N) is 1. The van der Waals surface area contributed by atoms with Gasteiger partial charge in [0.05, 0.1) is 23.4 Å². The highest BCUT2D eigenvalue weighted by atomic mass is 79.9. The van der Waals surface area contributed by atoms with Gasteiger partial charge in [-0.25, -0.2) is 0 Å². The van der Waals surface area contributed by atoms with Crippen molar-refractivity contribution in [3.05, 3.63) is 0 Å². The molecule has 0 aromatic heterocycles. The molecule has 29 heavy (non-hydrogen) atoms. The zero-order valence-electron chi connectivity index (χ0n) is 18.4. The maximum absolute atomic E-state index is 10.6. The van der Waals surface area contributed by atoms with Gasteiger partial charge in [0.25, 0.3) is 0 Å². The molecule has 1 aliphatic rings. The molecule has 1 aliphatic heterocycles. The lowest BCUT2D eigenvalue weighted by Crippen LogP contribution is -2.48. The van der Waals surface area contributed by atoms with Crippen molar-refractivity contribution >= 4 is 45.6 Å². The first-order chi connectivity index (χ1) is 13.8. The maximum Gasteiger partial charge on any atom is 0.327 e. The van der Waals surface area contributed by atoms with Gasteiger partial charge in [-0.15, -0.1) is 0 Å². The van der Waals surface area contributed by atoms with E-state index in [1.54, 1.807) is 6.21 Å². The van der Waals surface area contributed by atoms with E-state index >= 15 is 0 Å². The first kappa shape index (κ1) is 26.9. The van der Waals surface area contributed by atoms with Crippen LogP contribution in [0, 0.1) is 5.41 Å². The first-order valence-electron chi connectivity index (χ1n) is 11.0. The number of rotatable bonds is 15. The van der Waals surface area contributed by atoms with Crippen LogP contribution in [-0.2, 0) is 13.3 Å². The third kappa shape index (κ3) is 8.88. The van der Waals surface area contributed by atoms with E-state index in [9.17, 15) is 5.11 Å². The largest absolute Gasteiger partial charge is 0.438 e. The fourth-order valence-corrected chi connectivity index (χ4v) is 12.6. The summed E-state index contributed by atoms with van der Waals surface area (Å²) in [6, 6.07) is 4.27. The van der Waals surface area contributed by atoms with Crippen LogP contribution in [0.1, 0.15) is 53.4 Å². The van der Waals surface area contributed by atoms with E-state index in [-0.39, 0.29) is 17.1 Å². The summed E-state index contributed by atoms with van der Waals surface area (Å²) in [6.45, 7) is 9.13. The van der Waals surface area contributed by atoms with Crippen LogP contribution in [0.5, 0.6) is 0 Å². The average molecular weight is 511 g/mol. The Kier molecular flexibility index (Phi) is 13.0. The van der Waals surface area contributed by atoms with E-state index in [2.05, 4.69) is 48.6 Å². The summed E-state index contributed by atoms with van der Waals surface area (Å²) in [7, 11) is -3.59. The Hall–Kier alpha value is -0.106.